The van der Waals surface area contributed by atoms with Gasteiger partial charge in [0.25, 0.3) is 0 Å². The van der Waals surface area contributed by atoms with E-state index >= 15 is 0 Å². The van der Waals surface area contributed by atoms with Gasteiger partial charge in [-0.2, -0.15) is 9.78 Å². The summed E-state index contributed by atoms with van der Waals surface area (Å²) in [6.07, 6.45) is 0. The summed E-state index contributed by atoms with van der Waals surface area (Å²) in [6, 6.07) is 20.3. The van der Waals surface area contributed by atoms with Crippen molar-refractivity contribution in [3.8, 4) is 5.75 Å². The Morgan fingerprint density at radius 2 is 1.77 bits per heavy atom. The van der Waals surface area contributed by atoms with Crippen molar-refractivity contribution in [1.82, 2.24) is 14.9 Å². The molecule has 1 aliphatic heterocycles. The first kappa shape index (κ1) is 19.2. The van der Waals surface area contributed by atoms with E-state index in [1.165, 1.54) is 10.9 Å². The first-order valence-corrected chi connectivity index (χ1v) is 11.0. The van der Waals surface area contributed by atoms with Crippen LogP contribution in [0.15, 0.2) is 70.9 Å². The molecular weight excluding hydrogens is 416 g/mol. The average Bonchev–Trinajstić information content (AvgIpc) is 3.21. The van der Waals surface area contributed by atoms with Crippen molar-refractivity contribution in [1.29, 1.82) is 0 Å². The summed E-state index contributed by atoms with van der Waals surface area (Å²) >= 11 is 7.68. The molecule has 5 rings (SSSR count). The van der Waals surface area contributed by atoms with Crippen LogP contribution in [0, 0.1) is 0 Å². The maximum Gasteiger partial charge on any atom is 0.212 e. The Kier molecular flexibility index (Phi) is 4.97. The van der Waals surface area contributed by atoms with E-state index in [1.807, 2.05) is 41.1 Å². The van der Waals surface area contributed by atoms with E-state index in [2.05, 4.69) is 41.4 Å². The maximum atomic E-state index is 6.03. The lowest BCUT2D eigenvalue weighted by Gasteiger charge is -2.17. The second kappa shape index (κ2) is 7.78. The van der Waals surface area contributed by atoms with Gasteiger partial charge in [-0.1, -0.05) is 66.7 Å². The van der Waals surface area contributed by atoms with Gasteiger partial charge in [-0.15, -0.1) is 10.2 Å². The van der Waals surface area contributed by atoms with Gasteiger partial charge >= 0.3 is 0 Å². The van der Waals surface area contributed by atoms with Crippen LogP contribution in [0.2, 0.25) is 5.02 Å². The maximum absolute atomic E-state index is 6.03. The fourth-order valence-electron chi connectivity index (χ4n) is 3.58. The largest absolute Gasteiger partial charge is 0.497 e. The number of hydrogen-bond acceptors (Lipinski definition) is 5. The van der Waals surface area contributed by atoms with Gasteiger partial charge in [0.15, 0.2) is 5.82 Å². The number of thioether (sulfide) groups is 1. The molecular formula is C23H19ClN4OS. The Morgan fingerprint density at radius 1 is 1.00 bits per heavy atom. The molecule has 0 amide bonds. The van der Waals surface area contributed by atoms with Gasteiger partial charge in [0, 0.05) is 16.7 Å². The second-order valence-corrected chi connectivity index (χ2v) is 8.57. The van der Waals surface area contributed by atoms with Crippen LogP contribution in [0.4, 0.5) is 0 Å². The third-order valence-corrected chi connectivity index (χ3v) is 6.51. The first-order chi connectivity index (χ1) is 14.6. The van der Waals surface area contributed by atoms with Gasteiger partial charge in [-0.25, -0.2) is 0 Å². The van der Waals surface area contributed by atoms with Crippen LogP contribution in [-0.4, -0.2) is 33.4 Å². The predicted octanol–water partition coefficient (Wildman–Crippen LogP) is 5.60. The molecule has 0 bridgehead atoms. The molecule has 0 fully saturated rings. The molecule has 150 valence electrons. The fraction of sp³-hybridized carbons (Fsp3) is 0.174. The molecule has 30 heavy (non-hydrogen) atoms. The van der Waals surface area contributed by atoms with Crippen LogP contribution in [0.1, 0.15) is 29.8 Å². The molecule has 0 saturated heterocycles. The van der Waals surface area contributed by atoms with Crippen LogP contribution in [0.3, 0.4) is 0 Å². The smallest absolute Gasteiger partial charge is 0.212 e. The molecule has 0 saturated carbocycles. The molecule has 1 aromatic heterocycles. The molecule has 1 unspecified atom stereocenters. The summed E-state index contributed by atoms with van der Waals surface area (Å²) in [5.41, 5.74) is 3.22. The monoisotopic (exact) mass is 434 g/mol. The summed E-state index contributed by atoms with van der Waals surface area (Å²) in [4.78, 5) is 0. The highest BCUT2D eigenvalue weighted by atomic mass is 35.5. The van der Waals surface area contributed by atoms with Crippen molar-refractivity contribution in [2.45, 2.75) is 18.0 Å². The molecule has 2 heterocycles. The number of halogens is 1. The van der Waals surface area contributed by atoms with Crippen molar-refractivity contribution in [2.24, 2.45) is 5.10 Å². The van der Waals surface area contributed by atoms with E-state index in [0.29, 0.717) is 0 Å². The lowest BCUT2D eigenvalue weighted by atomic mass is 9.97. The highest BCUT2D eigenvalue weighted by Crippen LogP contribution is 2.32. The second-order valence-electron chi connectivity index (χ2n) is 7.19. The van der Waals surface area contributed by atoms with Crippen LogP contribution in [0.5, 0.6) is 5.75 Å². The van der Waals surface area contributed by atoms with E-state index in [0.717, 1.165) is 44.2 Å². The van der Waals surface area contributed by atoms with E-state index < -0.39 is 0 Å². The number of methoxy groups -OCH3 is 1. The van der Waals surface area contributed by atoms with E-state index in [9.17, 15) is 0 Å². The minimum atomic E-state index is 0.0478. The minimum absolute atomic E-state index is 0.0478. The molecule has 3 aromatic carbocycles. The van der Waals surface area contributed by atoms with E-state index in [1.54, 1.807) is 18.9 Å². The van der Waals surface area contributed by atoms with Crippen molar-refractivity contribution >= 4 is 39.8 Å². The standard InChI is InChI=1S/C23H19ClN4OS/c1-14(16-3-4-18-12-20(29-2)10-7-17(18)11-16)22-25-26-23-28(22)27-21(13-30-23)15-5-8-19(24)9-6-15/h3-12,14H,13H2,1-2H3. The predicted molar refractivity (Wildman–Crippen MR) is 122 cm³/mol. The zero-order chi connectivity index (χ0) is 20.7. The summed E-state index contributed by atoms with van der Waals surface area (Å²) < 4.78 is 7.20. The molecule has 1 aliphatic rings. The normalized spacial score (nSPS) is 14.3. The van der Waals surface area contributed by atoms with E-state index in [4.69, 9.17) is 21.4 Å². The highest BCUT2D eigenvalue weighted by Gasteiger charge is 2.24. The van der Waals surface area contributed by atoms with Crippen LogP contribution < -0.4 is 4.74 Å². The van der Waals surface area contributed by atoms with Gasteiger partial charge < -0.3 is 4.74 Å². The quantitative estimate of drug-likeness (QED) is 0.419. The molecule has 7 heteroatoms. The SMILES string of the molecule is COc1ccc2cc(C(C)c3nnc4n3N=C(c3ccc(Cl)cc3)CS4)ccc2c1. The average molecular weight is 435 g/mol. The van der Waals surface area contributed by atoms with Crippen LogP contribution in [0.25, 0.3) is 10.8 Å². The van der Waals surface area contributed by atoms with Crippen LogP contribution >= 0.6 is 23.4 Å². The molecule has 0 radical (unpaired) electrons. The summed E-state index contributed by atoms with van der Waals surface area (Å²) in [6.45, 7) is 2.14. The Hall–Kier alpha value is -2.83. The topological polar surface area (TPSA) is 52.3 Å². The Bertz CT molecular complexity index is 1270. The molecule has 5 nitrogen and oxygen atoms in total. The van der Waals surface area contributed by atoms with Crippen molar-refractivity contribution < 1.29 is 4.74 Å². The van der Waals surface area contributed by atoms with Gasteiger partial charge in [-0.05, 0) is 46.2 Å². The zero-order valence-corrected chi connectivity index (χ0v) is 18.1. The van der Waals surface area contributed by atoms with Crippen molar-refractivity contribution in [3.63, 3.8) is 0 Å². The van der Waals surface area contributed by atoms with Crippen molar-refractivity contribution in [2.75, 3.05) is 12.9 Å². The number of rotatable bonds is 4. The number of ether oxygens (including phenoxy) is 1. The molecule has 0 spiro atoms. The summed E-state index contributed by atoms with van der Waals surface area (Å²) in [7, 11) is 1.68. The molecule has 0 N–H and O–H groups in total. The minimum Gasteiger partial charge on any atom is -0.497 e. The van der Waals surface area contributed by atoms with Gasteiger partial charge in [0.2, 0.25) is 5.16 Å². The van der Waals surface area contributed by atoms with Gasteiger partial charge in [0.1, 0.15) is 5.75 Å². The zero-order valence-electron chi connectivity index (χ0n) is 16.5. The Balaban J connectivity index is 1.51. The van der Waals surface area contributed by atoms with Gasteiger partial charge in [0.05, 0.1) is 12.8 Å². The molecule has 0 aliphatic carbocycles. The summed E-state index contributed by atoms with van der Waals surface area (Å²) in [5, 5.41) is 17.5. The van der Waals surface area contributed by atoms with E-state index in [-0.39, 0.29) is 5.92 Å². The number of benzene rings is 3. The van der Waals surface area contributed by atoms with Gasteiger partial charge in [-0.3, -0.25) is 0 Å². The highest BCUT2D eigenvalue weighted by molar-refractivity contribution is 7.99. The number of fused-ring (bicyclic) bond motifs is 2. The van der Waals surface area contributed by atoms with Crippen molar-refractivity contribution in [3.05, 3.63) is 82.6 Å². The molecule has 4 aromatic rings. The molecule has 1 atom stereocenters. The number of hydrogen-bond donors (Lipinski definition) is 0. The Morgan fingerprint density at radius 3 is 2.57 bits per heavy atom. The van der Waals surface area contributed by atoms with Crippen LogP contribution in [-0.2, 0) is 0 Å². The third-order valence-electron chi connectivity index (χ3n) is 5.33. The lowest BCUT2D eigenvalue weighted by molar-refractivity contribution is 0.415. The third kappa shape index (κ3) is 3.46. The number of aromatic nitrogens is 3. The summed E-state index contributed by atoms with van der Waals surface area (Å²) in [5.74, 6) is 2.49. The Labute approximate surface area is 183 Å². The first-order valence-electron chi connectivity index (χ1n) is 9.62. The lowest BCUT2D eigenvalue weighted by Crippen LogP contribution is -2.15. The fourth-order valence-corrected chi connectivity index (χ4v) is 4.56. The number of nitrogens with zero attached hydrogens (tertiary/aromatic N) is 4.